The van der Waals surface area contributed by atoms with Gasteiger partial charge in [0.2, 0.25) is 10.0 Å². The zero-order valence-electron chi connectivity index (χ0n) is 16.0. The molecule has 0 heterocycles. The first-order chi connectivity index (χ1) is 13.0. The van der Waals surface area contributed by atoms with Crippen LogP contribution in [-0.4, -0.2) is 39.3 Å². The van der Waals surface area contributed by atoms with Gasteiger partial charge in [-0.15, -0.1) is 0 Å². The number of halogens is 2. The van der Waals surface area contributed by atoms with Gasteiger partial charge in [0.25, 0.3) is 5.91 Å². The zero-order chi connectivity index (χ0) is 21.1. The number of amides is 1. The van der Waals surface area contributed by atoms with Crippen molar-refractivity contribution >= 4 is 44.8 Å². The van der Waals surface area contributed by atoms with E-state index in [0.717, 1.165) is 4.31 Å². The number of rotatable bonds is 7. The Balaban J connectivity index is 2.23. The summed E-state index contributed by atoms with van der Waals surface area (Å²) in [6, 6.07) is 8.98. The van der Waals surface area contributed by atoms with Crippen molar-refractivity contribution in [3.8, 4) is 5.75 Å². The van der Waals surface area contributed by atoms with Gasteiger partial charge < -0.3 is 10.1 Å². The molecule has 6 nitrogen and oxygen atoms in total. The number of nitrogens with zero attached hydrogens (tertiary/aromatic N) is 1. The second-order valence-electron chi connectivity index (χ2n) is 6.74. The van der Waals surface area contributed by atoms with Crippen molar-refractivity contribution in [1.29, 1.82) is 0 Å². The lowest BCUT2D eigenvalue weighted by Gasteiger charge is -2.14. The molecule has 0 radical (unpaired) electrons. The van der Waals surface area contributed by atoms with Crippen molar-refractivity contribution < 1.29 is 17.9 Å². The first kappa shape index (κ1) is 22.5. The summed E-state index contributed by atoms with van der Waals surface area (Å²) in [5.74, 6) is 0.394. The minimum atomic E-state index is -3.78. The van der Waals surface area contributed by atoms with Crippen molar-refractivity contribution in [2.75, 3.05) is 26.0 Å². The van der Waals surface area contributed by atoms with Crippen molar-refractivity contribution in [2.45, 2.75) is 18.7 Å². The van der Waals surface area contributed by atoms with Gasteiger partial charge in [0.05, 0.1) is 16.7 Å². The number of hydrogen-bond donors (Lipinski definition) is 1. The van der Waals surface area contributed by atoms with E-state index in [9.17, 15) is 13.2 Å². The highest BCUT2D eigenvalue weighted by molar-refractivity contribution is 7.89. The van der Waals surface area contributed by atoms with Crippen LogP contribution in [0.3, 0.4) is 0 Å². The van der Waals surface area contributed by atoms with Crippen molar-refractivity contribution in [1.82, 2.24) is 4.31 Å². The first-order valence-corrected chi connectivity index (χ1v) is 10.7. The molecule has 0 spiro atoms. The standard InChI is InChI=1S/C19H22Cl2N2O4S/c1-12(2)11-27-17-8-6-14(10-16(17)21)22-19(24)13-5-7-15(20)18(9-13)28(25,26)23(3)4/h5-10,12H,11H2,1-4H3,(H,22,24). The van der Waals surface area contributed by atoms with Crippen LogP contribution in [0.2, 0.25) is 10.0 Å². The topological polar surface area (TPSA) is 75.7 Å². The molecule has 0 atom stereocenters. The Hall–Kier alpha value is -1.80. The Morgan fingerprint density at radius 3 is 2.36 bits per heavy atom. The van der Waals surface area contributed by atoms with Crippen molar-refractivity contribution in [3.05, 3.63) is 52.0 Å². The monoisotopic (exact) mass is 444 g/mol. The molecular weight excluding hydrogens is 423 g/mol. The lowest BCUT2D eigenvalue weighted by atomic mass is 10.2. The van der Waals surface area contributed by atoms with Gasteiger partial charge >= 0.3 is 0 Å². The fourth-order valence-electron chi connectivity index (χ4n) is 2.19. The molecule has 0 unspecified atom stereocenters. The third-order valence-electron chi connectivity index (χ3n) is 3.71. The summed E-state index contributed by atoms with van der Waals surface area (Å²) in [6.45, 7) is 4.58. The smallest absolute Gasteiger partial charge is 0.255 e. The Bertz CT molecular complexity index is 976. The Morgan fingerprint density at radius 2 is 1.79 bits per heavy atom. The number of ether oxygens (including phenoxy) is 1. The van der Waals surface area contributed by atoms with Gasteiger partial charge in [-0.3, -0.25) is 4.79 Å². The quantitative estimate of drug-likeness (QED) is 0.680. The molecular formula is C19H22Cl2N2O4S. The summed E-state index contributed by atoms with van der Waals surface area (Å²) in [5.41, 5.74) is 0.611. The molecule has 0 aliphatic heterocycles. The fraction of sp³-hybridized carbons (Fsp3) is 0.316. The highest BCUT2D eigenvalue weighted by Gasteiger charge is 2.22. The zero-order valence-corrected chi connectivity index (χ0v) is 18.3. The predicted molar refractivity (Wildman–Crippen MR) is 112 cm³/mol. The second kappa shape index (κ2) is 9.13. The van der Waals surface area contributed by atoms with Crippen LogP contribution in [-0.2, 0) is 10.0 Å². The molecule has 1 N–H and O–H groups in total. The number of sulfonamides is 1. The Labute approximate surface area is 175 Å². The summed E-state index contributed by atoms with van der Waals surface area (Å²) in [7, 11) is -0.994. The molecule has 0 aliphatic rings. The van der Waals surface area contributed by atoms with E-state index in [-0.39, 0.29) is 15.5 Å². The summed E-state index contributed by atoms with van der Waals surface area (Å²) in [6.07, 6.45) is 0. The van der Waals surface area contributed by atoms with Crippen LogP contribution < -0.4 is 10.1 Å². The van der Waals surface area contributed by atoms with E-state index < -0.39 is 15.9 Å². The number of nitrogens with one attached hydrogen (secondary N) is 1. The van der Waals surface area contributed by atoms with E-state index >= 15 is 0 Å². The average Bonchev–Trinajstić information content (AvgIpc) is 2.60. The largest absolute Gasteiger partial charge is 0.492 e. The summed E-state index contributed by atoms with van der Waals surface area (Å²) in [4.78, 5) is 12.4. The van der Waals surface area contributed by atoms with E-state index in [0.29, 0.717) is 29.0 Å². The van der Waals surface area contributed by atoms with E-state index in [1.807, 2.05) is 13.8 Å². The van der Waals surface area contributed by atoms with Gasteiger partial charge in [0.1, 0.15) is 10.6 Å². The van der Waals surface area contributed by atoms with Gasteiger partial charge in [-0.1, -0.05) is 37.0 Å². The third kappa shape index (κ3) is 5.38. The molecule has 0 aliphatic carbocycles. The van der Waals surface area contributed by atoms with E-state index in [4.69, 9.17) is 27.9 Å². The van der Waals surface area contributed by atoms with Crippen molar-refractivity contribution in [2.24, 2.45) is 5.92 Å². The van der Waals surface area contributed by atoms with Gasteiger partial charge in [0.15, 0.2) is 0 Å². The number of carbonyl (C=O) groups is 1. The molecule has 0 saturated heterocycles. The minimum Gasteiger partial charge on any atom is -0.492 e. The molecule has 152 valence electrons. The molecule has 0 bridgehead atoms. The number of carbonyl (C=O) groups excluding carboxylic acids is 1. The SMILES string of the molecule is CC(C)COc1ccc(NC(=O)c2ccc(Cl)c(S(=O)(=O)N(C)C)c2)cc1Cl. The van der Waals surface area contributed by atoms with E-state index in [2.05, 4.69) is 5.32 Å². The van der Waals surface area contributed by atoms with Crippen LogP contribution in [0.4, 0.5) is 5.69 Å². The summed E-state index contributed by atoms with van der Waals surface area (Å²) < 4.78 is 31.3. The molecule has 0 saturated carbocycles. The molecule has 2 aromatic carbocycles. The summed E-state index contributed by atoms with van der Waals surface area (Å²) in [5, 5.41) is 3.10. The molecule has 28 heavy (non-hydrogen) atoms. The highest BCUT2D eigenvalue weighted by Crippen LogP contribution is 2.29. The van der Waals surface area contributed by atoms with Crippen molar-refractivity contribution in [3.63, 3.8) is 0 Å². The van der Waals surface area contributed by atoms with E-state index in [1.165, 1.54) is 32.3 Å². The Morgan fingerprint density at radius 1 is 1.11 bits per heavy atom. The second-order valence-corrected chi connectivity index (χ2v) is 9.67. The molecule has 0 fully saturated rings. The fourth-order valence-corrected chi connectivity index (χ4v) is 3.82. The van der Waals surface area contributed by atoms with E-state index in [1.54, 1.807) is 18.2 Å². The van der Waals surface area contributed by atoms with Crippen LogP contribution in [0.1, 0.15) is 24.2 Å². The lowest BCUT2D eigenvalue weighted by molar-refractivity contribution is 0.102. The molecule has 1 amide bonds. The third-order valence-corrected chi connectivity index (χ3v) is 6.31. The van der Waals surface area contributed by atoms with Crippen LogP contribution in [0.15, 0.2) is 41.3 Å². The van der Waals surface area contributed by atoms with Crippen LogP contribution in [0.25, 0.3) is 0 Å². The maximum absolute atomic E-state index is 12.5. The number of anilines is 1. The maximum Gasteiger partial charge on any atom is 0.255 e. The normalized spacial score (nSPS) is 11.7. The molecule has 2 aromatic rings. The average molecular weight is 445 g/mol. The van der Waals surface area contributed by atoms with Gasteiger partial charge in [0, 0.05) is 25.3 Å². The molecule has 2 rings (SSSR count). The predicted octanol–water partition coefficient (Wildman–Crippen LogP) is 4.53. The lowest BCUT2D eigenvalue weighted by Crippen LogP contribution is -2.23. The van der Waals surface area contributed by atoms with Gasteiger partial charge in [-0.25, -0.2) is 12.7 Å². The van der Waals surface area contributed by atoms with Crippen LogP contribution in [0.5, 0.6) is 5.75 Å². The summed E-state index contributed by atoms with van der Waals surface area (Å²) >= 11 is 12.2. The number of benzene rings is 2. The van der Waals surface area contributed by atoms with Crippen LogP contribution >= 0.6 is 23.2 Å². The van der Waals surface area contributed by atoms with Crippen LogP contribution in [0, 0.1) is 5.92 Å². The number of hydrogen-bond acceptors (Lipinski definition) is 4. The Kier molecular flexibility index (Phi) is 7.33. The van der Waals surface area contributed by atoms with Gasteiger partial charge in [-0.2, -0.15) is 0 Å². The van der Waals surface area contributed by atoms with Gasteiger partial charge in [-0.05, 0) is 42.3 Å². The molecule has 9 heteroatoms. The minimum absolute atomic E-state index is 0.0416. The first-order valence-electron chi connectivity index (χ1n) is 8.48. The maximum atomic E-state index is 12.5. The highest BCUT2D eigenvalue weighted by atomic mass is 35.5. The molecule has 0 aromatic heterocycles.